The molecule has 5 heteroatoms. The second-order valence-electron chi connectivity index (χ2n) is 5.96. The van der Waals surface area contributed by atoms with Crippen LogP contribution in [0.25, 0.3) is 0 Å². The number of hydrogen-bond donors (Lipinski definition) is 2. The molecule has 1 heterocycles. The van der Waals surface area contributed by atoms with E-state index in [4.69, 9.17) is 5.73 Å². The number of carbonyl (C=O) groups excluding carboxylic acids is 1. The van der Waals surface area contributed by atoms with Crippen LogP contribution in [-0.2, 0) is 11.2 Å². The maximum absolute atomic E-state index is 11.9. The molecule has 0 spiro atoms. The van der Waals surface area contributed by atoms with Gasteiger partial charge in [0.15, 0.2) is 0 Å². The van der Waals surface area contributed by atoms with Crippen molar-refractivity contribution in [1.82, 2.24) is 5.32 Å². The fraction of sp³-hybridized carbons (Fsp3) is 0.688. The van der Waals surface area contributed by atoms with E-state index in [2.05, 4.69) is 36.7 Å². The summed E-state index contributed by atoms with van der Waals surface area (Å²) in [7, 11) is 0. The largest absolute Gasteiger partial charge is 0.349 e. The Morgan fingerprint density at radius 2 is 2.10 bits per heavy atom. The first kappa shape index (κ1) is 20.4. The molecule has 1 unspecified atom stereocenters. The first-order valence-corrected chi connectivity index (χ1v) is 8.39. The molecule has 0 bridgehead atoms. The Labute approximate surface area is 139 Å². The lowest BCUT2D eigenvalue weighted by molar-refractivity contribution is -0.123. The Hall–Kier alpha value is -0.580. The lowest BCUT2D eigenvalue weighted by Crippen LogP contribution is -2.54. The van der Waals surface area contributed by atoms with Crippen molar-refractivity contribution in [3.63, 3.8) is 0 Å². The molecule has 3 nitrogen and oxygen atoms in total. The third kappa shape index (κ3) is 7.30. The van der Waals surface area contributed by atoms with Gasteiger partial charge in [-0.3, -0.25) is 4.79 Å². The fourth-order valence-electron chi connectivity index (χ4n) is 2.03. The maximum Gasteiger partial charge on any atom is 0.220 e. The van der Waals surface area contributed by atoms with Crippen molar-refractivity contribution in [2.75, 3.05) is 6.54 Å². The first-order valence-electron chi connectivity index (χ1n) is 7.51. The normalized spacial score (nSPS) is 13.6. The zero-order valence-electron chi connectivity index (χ0n) is 13.4. The van der Waals surface area contributed by atoms with E-state index in [0.717, 1.165) is 25.7 Å². The van der Waals surface area contributed by atoms with Gasteiger partial charge in [-0.1, -0.05) is 26.3 Å². The number of nitrogens with two attached hydrogens (primary N) is 1. The minimum absolute atomic E-state index is 0. The van der Waals surface area contributed by atoms with E-state index in [0.29, 0.717) is 18.9 Å². The Kier molecular flexibility index (Phi) is 9.92. The van der Waals surface area contributed by atoms with Crippen LogP contribution in [0.1, 0.15) is 51.3 Å². The monoisotopic (exact) mass is 332 g/mol. The molecule has 1 amide bonds. The van der Waals surface area contributed by atoms with Gasteiger partial charge in [0.2, 0.25) is 5.91 Å². The van der Waals surface area contributed by atoms with E-state index >= 15 is 0 Å². The van der Waals surface area contributed by atoms with Crippen LogP contribution >= 0.6 is 23.7 Å². The molecule has 0 saturated carbocycles. The van der Waals surface area contributed by atoms with Gasteiger partial charge in [-0.25, -0.2) is 0 Å². The van der Waals surface area contributed by atoms with Crippen molar-refractivity contribution in [3.8, 4) is 0 Å². The van der Waals surface area contributed by atoms with Crippen molar-refractivity contribution in [1.29, 1.82) is 0 Å². The zero-order chi connectivity index (χ0) is 15.0. The summed E-state index contributed by atoms with van der Waals surface area (Å²) in [5.74, 6) is 0.470. The Bertz CT molecular complexity index is 395. The predicted molar refractivity (Wildman–Crippen MR) is 94.2 cm³/mol. The molecule has 0 fully saturated rings. The highest BCUT2D eigenvalue weighted by Gasteiger charge is 2.27. The zero-order valence-corrected chi connectivity index (χ0v) is 15.0. The Morgan fingerprint density at radius 3 is 2.62 bits per heavy atom. The molecule has 122 valence electrons. The molecule has 0 radical (unpaired) electrons. The molecule has 1 aromatic heterocycles. The molecule has 0 aliphatic rings. The van der Waals surface area contributed by atoms with Crippen molar-refractivity contribution < 1.29 is 4.79 Å². The van der Waals surface area contributed by atoms with Crippen LogP contribution < -0.4 is 11.1 Å². The van der Waals surface area contributed by atoms with Crippen LogP contribution in [0.2, 0.25) is 0 Å². The standard InChI is InChI=1S/C16H28N2OS.ClH/c1-13(2)16(3,12-17)18-15(19)10-6-4-5-8-14-9-7-11-20-14;/h7,9,11,13H,4-6,8,10,12,17H2,1-3H3,(H,18,19);1H. The molecule has 0 aliphatic carbocycles. The summed E-state index contributed by atoms with van der Waals surface area (Å²) in [6, 6.07) is 4.26. The number of carbonyl (C=O) groups is 1. The molecule has 1 aromatic rings. The quantitative estimate of drug-likeness (QED) is 0.676. The highest BCUT2D eigenvalue weighted by atomic mass is 35.5. The predicted octanol–water partition coefficient (Wildman–Crippen LogP) is 3.76. The molecular weight excluding hydrogens is 304 g/mol. The van der Waals surface area contributed by atoms with Crippen LogP contribution in [0.4, 0.5) is 0 Å². The van der Waals surface area contributed by atoms with Gasteiger partial charge in [-0.05, 0) is 43.6 Å². The fourth-order valence-corrected chi connectivity index (χ4v) is 2.78. The summed E-state index contributed by atoms with van der Waals surface area (Å²) in [4.78, 5) is 13.4. The third-order valence-electron chi connectivity index (χ3n) is 4.03. The molecular formula is C16H29ClN2OS. The van der Waals surface area contributed by atoms with Crippen molar-refractivity contribution >= 4 is 29.7 Å². The molecule has 21 heavy (non-hydrogen) atoms. The SMILES string of the molecule is CC(C)C(C)(CN)NC(=O)CCCCCc1cccs1.Cl. The van der Waals surface area contributed by atoms with Gasteiger partial charge >= 0.3 is 0 Å². The van der Waals surface area contributed by atoms with E-state index < -0.39 is 0 Å². The molecule has 3 N–H and O–H groups in total. The van der Waals surface area contributed by atoms with Crippen molar-refractivity contribution in [2.45, 2.75) is 58.4 Å². The van der Waals surface area contributed by atoms with Crippen LogP contribution in [0.3, 0.4) is 0 Å². The third-order valence-corrected chi connectivity index (χ3v) is 4.97. The van der Waals surface area contributed by atoms with Gasteiger partial charge in [-0.2, -0.15) is 0 Å². The lowest BCUT2D eigenvalue weighted by atomic mass is 9.88. The van der Waals surface area contributed by atoms with Gasteiger partial charge in [-0.15, -0.1) is 23.7 Å². The minimum Gasteiger partial charge on any atom is -0.349 e. The Morgan fingerprint density at radius 1 is 1.38 bits per heavy atom. The van der Waals surface area contributed by atoms with Gasteiger partial charge in [0.1, 0.15) is 0 Å². The summed E-state index contributed by atoms with van der Waals surface area (Å²) in [6.07, 6.45) is 4.95. The molecule has 0 saturated heterocycles. The van der Waals surface area contributed by atoms with Gasteiger partial charge in [0.25, 0.3) is 0 Å². The van der Waals surface area contributed by atoms with Crippen LogP contribution in [0.15, 0.2) is 17.5 Å². The highest BCUT2D eigenvalue weighted by molar-refractivity contribution is 7.09. The minimum atomic E-state index is -0.284. The summed E-state index contributed by atoms with van der Waals surface area (Å²) in [5, 5.41) is 5.20. The molecule has 0 aliphatic heterocycles. The van der Waals surface area contributed by atoms with Gasteiger partial charge in [0.05, 0.1) is 5.54 Å². The summed E-state index contributed by atoms with van der Waals surface area (Å²) < 4.78 is 0. The van der Waals surface area contributed by atoms with Gasteiger partial charge < -0.3 is 11.1 Å². The lowest BCUT2D eigenvalue weighted by Gasteiger charge is -2.33. The van der Waals surface area contributed by atoms with E-state index in [9.17, 15) is 4.79 Å². The van der Waals surface area contributed by atoms with Gasteiger partial charge in [0, 0.05) is 17.8 Å². The topological polar surface area (TPSA) is 55.1 Å². The number of thiophene rings is 1. The average molecular weight is 333 g/mol. The number of amides is 1. The molecule has 0 aromatic carbocycles. The first-order chi connectivity index (χ1) is 9.48. The number of hydrogen-bond acceptors (Lipinski definition) is 3. The summed E-state index contributed by atoms with van der Waals surface area (Å²) in [6.45, 7) is 6.68. The second-order valence-corrected chi connectivity index (χ2v) is 7.00. The van der Waals surface area contributed by atoms with E-state index in [1.165, 1.54) is 4.88 Å². The number of aryl methyl sites for hydroxylation is 1. The smallest absolute Gasteiger partial charge is 0.220 e. The number of rotatable bonds is 9. The molecule has 1 rings (SSSR count). The Balaban J connectivity index is 0.00000400. The van der Waals surface area contributed by atoms with Crippen LogP contribution in [0.5, 0.6) is 0 Å². The number of nitrogens with one attached hydrogen (secondary N) is 1. The highest BCUT2D eigenvalue weighted by Crippen LogP contribution is 2.16. The summed E-state index contributed by atoms with van der Waals surface area (Å²) >= 11 is 1.81. The number of halogens is 1. The molecule has 1 atom stereocenters. The van der Waals surface area contributed by atoms with E-state index in [-0.39, 0.29) is 23.9 Å². The van der Waals surface area contributed by atoms with Crippen LogP contribution in [-0.4, -0.2) is 18.0 Å². The summed E-state index contributed by atoms with van der Waals surface area (Å²) in [5.41, 5.74) is 5.49. The number of unbranched alkanes of at least 4 members (excludes halogenated alkanes) is 2. The van der Waals surface area contributed by atoms with E-state index in [1.807, 2.05) is 18.3 Å². The van der Waals surface area contributed by atoms with E-state index in [1.54, 1.807) is 0 Å². The average Bonchev–Trinajstić information content (AvgIpc) is 2.91. The maximum atomic E-state index is 11.9. The van der Waals surface area contributed by atoms with Crippen LogP contribution in [0, 0.1) is 5.92 Å². The van der Waals surface area contributed by atoms with Crippen molar-refractivity contribution in [3.05, 3.63) is 22.4 Å². The van der Waals surface area contributed by atoms with Crippen molar-refractivity contribution in [2.24, 2.45) is 11.7 Å². The second kappa shape index (κ2) is 10.2.